The molecular formula is C28H31N2O12P. The molecule has 43 heavy (non-hydrogen) atoms. The highest BCUT2D eigenvalue weighted by molar-refractivity contribution is 7.46. The predicted octanol–water partition coefficient (Wildman–Crippen LogP) is 1.50. The van der Waals surface area contributed by atoms with Crippen LogP contribution in [0.1, 0.15) is 26.3 Å². The van der Waals surface area contributed by atoms with Crippen molar-refractivity contribution in [2.45, 2.75) is 37.1 Å². The molecule has 3 aromatic carbocycles. The van der Waals surface area contributed by atoms with Crippen LogP contribution in [-0.4, -0.2) is 75.8 Å². The number of carbonyl (C=O) groups excluding carboxylic acids is 2. The van der Waals surface area contributed by atoms with Crippen LogP contribution in [0.3, 0.4) is 0 Å². The zero-order chi connectivity index (χ0) is 31.1. The second kappa shape index (κ2) is 14.0. The maximum atomic E-state index is 13.0. The van der Waals surface area contributed by atoms with Crippen LogP contribution in [0.5, 0.6) is 11.5 Å². The molecule has 1 fully saturated rings. The first-order chi connectivity index (χ1) is 20.4. The third-order valence-corrected chi connectivity index (χ3v) is 6.91. The summed E-state index contributed by atoms with van der Waals surface area (Å²) in [7, 11) is -5.30. The smallest absolute Gasteiger partial charge is 0.470 e. The van der Waals surface area contributed by atoms with E-state index in [2.05, 4.69) is 0 Å². The number of aromatic hydroxyl groups is 1. The summed E-state index contributed by atoms with van der Waals surface area (Å²) in [4.78, 5) is 44.9. The number of aliphatic hydroxyl groups is 1. The third-order valence-electron chi connectivity index (χ3n) is 6.39. The number of esters is 2. The number of phosphoric ester groups is 1. The van der Waals surface area contributed by atoms with Gasteiger partial charge in [-0.3, -0.25) is 4.52 Å². The summed E-state index contributed by atoms with van der Waals surface area (Å²) in [6, 6.07) is 17.7. The van der Waals surface area contributed by atoms with E-state index in [1.54, 1.807) is 36.4 Å². The number of benzene rings is 3. The Morgan fingerprint density at radius 1 is 0.930 bits per heavy atom. The number of phosphoric acid groups is 1. The molecule has 1 saturated heterocycles. The van der Waals surface area contributed by atoms with Gasteiger partial charge in [-0.25, -0.2) is 14.2 Å². The van der Waals surface area contributed by atoms with Crippen LogP contribution in [0.2, 0.25) is 0 Å². The molecular weight excluding hydrogens is 587 g/mol. The maximum Gasteiger partial charge on any atom is 0.470 e. The molecule has 230 valence electrons. The van der Waals surface area contributed by atoms with E-state index in [9.17, 15) is 34.2 Å². The number of phenolic OH excluding ortho intramolecular Hbond substituents is 1. The van der Waals surface area contributed by atoms with Crippen LogP contribution in [-0.2, 0) is 29.7 Å². The zero-order valence-corrected chi connectivity index (χ0v) is 23.5. The van der Waals surface area contributed by atoms with Gasteiger partial charge in [-0.05, 0) is 67.1 Å². The first-order valence-corrected chi connectivity index (χ1v) is 14.5. The SMILES string of the molecule is NCCc1ccc(O[C@@H]2O[C@H](COC(=O)c3ccccc3N)[C@@H](O)[C@H](OP(=O)(O)O)[C@H]2OC(=O)c2ccc(O)cc2)cc1. The monoisotopic (exact) mass is 618 g/mol. The zero-order valence-electron chi connectivity index (χ0n) is 22.6. The Kier molecular flexibility index (Phi) is 10.4. The molecule has 15 heteroatoms. The van der Waals surface area contributed by atoms with E-state index in [1.165, 1.54) is 36.4 Å². The first kappa shape index (κ1) is 31.9. The molecule has 1 heterocycles. The van der Waals surface area contributed by atoms with Gasteiger partial charge in [-0.15, -0.1) is 0 Å². The molecule has 14 nitrogen and oxygen atoms in total. The topological polar surface area (TPSA) is 230 Å². The van der Waals surface area contributed by atoms with Crippen molar-refractivity contribution in [2.24, 2.45) is 5.73 Å². The summed E-state index contributed by atoms with van der Waals surface area (Å²) < 4.78 is 39.4. The Bertz CT molecular complexity index is 1450. The van der Waals surface area contributed by atoms with Gasteiger partial charge in [-0.2, -0.15) is 0 Å². The third kappa shape index (κ3) is 8.52. The Morgan fingerprint density at radius 3 is 2.23 bits per heavy atom. The largest absolute Gasteiger partial charge is 0.508 e. The van der Waals surface area contributed by atoms with Crippen LogP contribution in [0.25, 0.3) is 0 Å². The van der Waals surface area contributed by atoms with Gasteiger partial charge in [0.15, 0.2) is 6.10 Å². The van der Waals surface area contributed by atoms with Crippen molar-refractivity contribution in [3.05, 3.63) is 89.5 Å². The number of hydrogen-bond donors (Lipinski definition) is 6. The number of anilines is 1. The number of carbonyl (C=O) groups is 2. The van der Waals surface area contributed by atoms with Gasteiger partial charge < -0.3 is 50.4 Å². The molecule has 0 bridgehead atoms. The number of nitrogens with two attached hydrogens (primary N) is 2. The van der Waals surface area contributed by atoms with Gasteiger partial charge in [0.25, 0.3) is 0 Å². The summed E-state index contributed by atoms with van der Waals surface area (Å²) in [5.74, 6) is -1.77. The minimum atomic E-state index is -5.30. The minimum absolute atomic E-state index is 0.0383. The molecule has 0 saturated carbocycles. The number of nitrogen functional groups attached to an aromatic ring is 1. The lowest BCUT2D eigenvalue weighted by Crippen LogP contribution is -2.62. The van der Waals surface area contributed by atoms with Crippen molar-refractivity contribution < 1.29 is 57.6 Å². The summed E-state index contributed by atoms with van der Waals surface area (Å²) in [5.41, 5.74) is 12.5. The molecule has 8 N–H and O–H groups in total. The molecule has 0 amide bonds. The van der Waals surface area contributed by atoms with E-state index in [-0.39, 0.29) is 28.3 Å². The Hall–Kier alpha value is -4.01. The van der Waals surface area contributed by atoms with Crippen LogP contribution >= 0.6 is 7.82 Å². The molecule has 0 aromatic heterocycles. The van der Waals surface area contributed by atoms with Crippen molar-refractivity contribution in [1.82, 2.24) is 0 Å². The van der Waals surface area contributed by atoms with Crippen LogP contribution in [0.15, 0.2) is 72.8 Å². The standard InChI is InChI=1S/C28H31N2O12P/c29-14-13-16-5-11-19(12-6-16)39-28-25(41-26(33)17-7-9-18(31)10-8-17)24(42-43(35,36)37)23(32)22(40-28)15-38-27(34)20-3-1-2-4-21(20)30/h1-12,22-25,28,31-32H,13-15,29-30H2,(H2,35,36,37)/t22-,23-,24+,25-,28-/m1/s1. The summed E-state index contributed by atoms with van der Waals surface area (Å²) >= 11 is 0. The quantitative estimate of drug-likeness (QED) is 0.102. The van der Waals surface area contributed by atoms with E-state index in [4.69, 9.17) is 34.9 Å². The first-order valence-electron chi connectivity index (χ1n) is 13.0. The molecule has 0 unspecified atom stereocenters. The average Bonchev–Trinajstić information content (AvgIpc) is 2.96. The van der Waals surface area contributed by atoms with Gasteiger partial charge in [0.2, 0.25) is 6.29 Å². The lowest BCUT2D eigenvalue weighted by Gasteiger charge is -2.43. The molecule has 0 radical (unpaired) electrons. The number of para-hydroxylation sites is 1. The summed E-state index contributed by atoms with van der Waals surface area (Å²) in [6.45, 7) is -0.210. The highest BCUT2D eigenvalue weighted by atomic mass is 31.2. The van der Waals surface area contributed by atoms with Crippen LogP contribution in [0, 0.1) is 0 Å². The fourth-order valence-corrected chi connectivity index (χ4v) is 4.83. The van der Waals surface area contributed by atoms with E-state index >= 15 is 0 Å². The molecule has 1 aliphatic rings. The molecule has 4 rings (SSSR count). The summed E-state index contributed by atoms with van der Waals surface area (Å²) in [6.07, 6.45) is -8.04. The van der Waals surface area contributed by atoms with E-state index in [1.807, 2.05) is 0 Å². The number of aliphatic hydroxyl groups excluding tert-OH is 1. The van der Waals surface area contributed by atoms with Gasteiger partial charge >= 0.3 is 19.8 Å². The maximum absolute atomic E-state index is 13.0. The number of ether oxygens (including phenoxy) is 4. The van der Waals surface area contributed by atoms with Crippen molar-refractivity contribution >= 4 is 25.4 Å². The highest BCUT2D eigenvalue weighted by Gasteiger charge is 2.52. The minimum Gasteiger partial charge on any atom is -0.508 e. The van der Waals surface area contributed by atoms with E-state index < -0.39 is 57.1 Å². The number of phenols is 1. The molecule has 5 atom stereocenters. The Morgan fingerprint density at radius 2 is 1.60 bits per heavy atom. The second-order valence-corrected chi connectivity index (χ2v) is 10.7. The van der Waals surface area contributed by atoms with Crippen molar-refractivity contribution in [2.75, 3.05) is 18.9 Å². The van der Waals surface area contributed by atoms with Gasteiger partial charge in [0.1, 0.15) is 36.4 Å². The number of rotatable bonds is 11. The van der Waals surface area contributed by atoms with Crippen LogP contribution in [0.4, 0.5) is 5.69 Å². The summed E-state index contributed by atoms with van der Waals surface area (Å²) in [5, 5.41) is 20.6. The Labute approximate surface area is 245 Å². The molecule has 0 spiro atoms. The molecule has 0 aliphatic carbocycles. The van der Waals surface area contributed by atoms with E-state index in [0.29, 0.717) is 13.0 Å². The van der Waals surface area contributed by atoms with Crippen molar-refractivity contribution in [3.63, 3.8) is 0 Å². The van der Waals surface area contributed by atoms with Gasteiger partial charge in [0, 0.05) is 5.69 Å². The predicted molar refractivity (Wildman–Crippen MR) is 150 cm³/mol. The van der Waals surface area contributed by atoms with E-state index in [0.717, 1.165) is 5.56 Å². The molecule has 3 aromatic rings. The van der Waals surface area contributed by atoms with Crippen molar-refractivity contribution in [3.8, 4) is 11.5 Å². The fraction of sp³-hybridized carbons (Fsp3) is 0.286. The normalized spacial score (nSPS) is 22.0. The highest BCUT2D eigenvalue weighted by Crippen LogP contribution is 2.42. The van der Waals surface area contributed by atoms with Crippen LogP contribution < -0.4 is 16.2 Å². The fourth-order valence-electron chi connectivity index (χ4n) is 4.27. The number of hydrogen-bond acceptors (Lipinski definition) is 12. The van der Waals surface area contributed by atoms with Gasteiger partial charge in [0.05, 0.1) is 11.1 Å². The lowest BCUT2D eigenvalue weighted by atomic mass is 9.98. The Balaban J connectivity index is 1.63. The van der Waals surface area contributed by atoms with Gasteiger partial charge in [-0.1, -0.05) is 24.3 Å². The second-order valence-electron chi connectivity index (χ2n) is 9.50. The molecule has 1 aliphatic heterocycles. The average molecular weight is 619 g/mol. The lowest BCUT2D eigenvalue weighted by molar-refractivity contribution is -0.273. The van der Waals surface area contributed by atoms with Crippen molar-refractivity contribution in [1.29, 1.82) is 0 Å².